The quantitative estimate of drug-likeness (QED) is 0.327. The van der Waals surface area contributed by atoms with Crippen molar-refractivity contribution in [2.24, 2.45) is 0 Å². The molecule has 1 aromatic carbocycles. The number of ether oxygens (including phenoxy) is 3. The summed E-state index contributed by atoms with van der Waals surface area (Å²) in [5.41, 5.74) is 6.99. The monoisotopic (exact) mass is 515 g/mol. The van der Waals surface area contributed by atoms with Gasteiger partial charge in [-0.1, -0.05) is 13.8 Å². The molecule has 0 saturated heterocycles. The van der Waals surface area contributed by atoms with Crippen LogP contribution in [0.3, 0.4) is 0 Å². The number of amides is 1. The van der Waals surface area contributed by atoms with E-state index in [4.69, 9.17) is 19.9 Å². The Morgan fingerprint density at radius 2 is 2.00 bits per heavy atom. The molecule has 0 atom stereocenters. The molecule has 29 heavy (non-hydrogen) atoms. The summed E-state index contributed by atoms with van der Waals surface area (Å²) in [7, 11) is 3.23. The number of hydrogen-bond donors (Lipinski definition) is 3. The van der Waals surface area contributed by atoms with Crippen molar-refractivity contribution in [2.75, 3.05) is 45.0 Å². The van der Waals surface area contributed by atoms with E-state index < -0.39 is 0 Å². The second-order valence-electron chi connectivity index (χ2n) is 6.44. The first-order chi connectivity index (χ1) is 13.8. The molecule has 1 aromatic heterocycles. The number of nitrogens with one attached hydrogen (secondary N) is 2. The molecule has 0 bridgehead atoms. The van der Waals surface area contributed by atoms with E-state index in [9.17, 15) is 4.79 Å². The van der Waals surface area contributed by atoms with Crippen LogP contribution in [0.25, 0.3) is 0 Å². The second kappa shape index (κ2) is 11.1. The molecule has 1 heterocycles. The number of carbonyl (C=O) groups is 1. The Labute approximate surface area is 183 Å². The Balaban J connectivity index is 2.11. The van der Waals surface area contributed by atoms with Gasteiger partial charge in [-0.3, -0.25) is 10.1 Å². The summed E-state index contributed by atoms with van der Waals surface area (Å²) in [5, 5.41) is 5.52. The topological polar surface area (TPSA) is 121 Å². The normalized spacial score (nSPS) is 10.8. The summed E-state index contributed by atoms with van der Waals surface area (Å²) in [6.07, 6.45) is 1.44. The number of nitrogen functional groups attached to an aromatic ring is 1. The molecular weight excluding hydrogens is 489 g/mol. The molecule has 4 N–H and O–H groups in total. The van der Waals surface area contributed by atoms with Crippen molar-refractivity contribution in [2.45, 2.75) is 19.8 Å². The molecule has 0 aliphatic rings. The summed E-state index contributed by atoms with van der Waals surface area (Å²) in [6.45, 7) is 5.33. The van der Waals surface area contributed by atoms with Gasteiger partial charge in [0.2, 0.25) is 11.9 Å². The van der Waals surface area contributed by atoms with E-state index >= 15 is 0 Å². The number of carbonyl (C=O) groups excluding carboxylic acids is 1. The summed E-state index contributed by atoms with van der Waals surface area (Å²) in [5.74, 6) is 1.92. The summed E-state index contributed by atoms with van der Waals surface area (Å²) >= 11 is 2.18. The predicted octanol–water partition coefficient (Wildman–Crippen LogP) is 2.76. The average molecular weight is 515 g/mol. The molecule has 0 radical (unpaired) electrons. The van der Waals surface area contributed by atoms with Crippen molar-refractivity contribution in [1.82, 2.24) is 15.3 Å². The smallest absolute Gasteiger partial charge is 0.240 e. The molecule has 0 saturated carbocycles. The lowest BCUT2D eigenvalue weighted by Gasteiger charge is -2.17. The highest BCUT2D eigenvalue weighted by molar-refractivity contribution is 14.1. The van der Waals surface area contributed by atoms with Crippen molar-refractivity contribution in [1.29, 1.82) is 0 Å². The highest BCUT2D eigenvalue weighted by Crippen LogP contribution is 2.37. The van der Waals surface area contributed by atoms with Gasteiger partial charge in [-0.15, -0.1) is 0 Å². The van der Waals surface area contributed by atoms with Crippen LogP contribution in [0, 0.1) is 3.57 Å². The number of rotatable bonds is 10. The van der Waals surface area contributed by atoms with Gasteiger partial charge in [0.15, 0.2) is 11.6 Å². The molecule has 0 aliphatic heterocycles. The predicted molar refractivity (Wildman–Crippen MR) is 120 cm³/mol. The van der Waals surface area contributed by atoms with Crippen molar-refractivity contribution in [3.05, 3.63) is 27.5 Å². The highest BCUT2D eigenvalue weighted by atomic mass is 127. The lowest BCUT2D eigenvalue weighted by atomic mass is 10.0. The van der Waals surface area contributed by atoms with E-state index in [0.717, 1.165) is 14.9 Å². The number of nitrogens with zero attached hydrogens (tertiary/aromatic N) is 2. The van der Waals surface area contributed by atoms with Gasteiger partial charge in [0.05, 0.1) is 30.0 Å². The van der Waals surface area contributed by atoms with E-state index in [0.29, 0.717) is 24.7 Å². The first kappa shape index (κ1) is 23.1. The molecule has 1 amide bonds. The number of aromatic nitrogens is 2. The van der Waals surface area contributed by atoms with Crippen molar-refractivity contribution in [3.8, 4) is 17.2 Å². The number of methoxy groups -OCH3 is 2. The fourth-order valence-electron chi connectivity index (χ4n) is 2.43. The van der Waals surface area contributed by atoms with Gasteiger partial charge < -0.3 is 25.3 Å². The van der Waals surface area contributed by atoms with Gasteiger partial charge in [-0.05, 0) is 40.6 Å². The van der Waals surface area contributed by atoms with Gasteiger partial charge in [0, 0.05) is 19.2 Å². The van der Waals surface area contributed by atoms with Gasteiger partial charge in [-0.2, -0.15) is 4.98 Å². The Kier molecular flexibility index (Phi) is 8.86. The van der Waals surface area contributed by atoms with Gasteiger partial charge >= 0.3 is 0 Å². The Hall–Kier alpha value is -2.18. The zero-order valence-electron chi connectivity index (χ0n) is 16.9. The molecule has 158 valence electrons. The maximum Gasteiger partial charge on any atom is 0.240 e. The molecule has 0 spiro atoms. The molecule has 2 rings (SSSR count). The average Bonchev–Trinajstić information content (AvgIpc) is 2.67. The molecule has 0 fully saturated rings. The van der Waals surface area contributed by atoms with Crippen LogP contribution in [0.1, 0.15) is 25.3 Å². The van der Waals surface area contributed by atoms with Crippen LogP contribution in [0.5, 0.6) is 17.2 Å². The number of hydrogen-bond acceptors (Lipinski definition) is 8. The zero-order chi connectivity index (χ0) is 21.4. The minimum Gasteiger partial charge on any atom is -0.496 e. The first-order valence-corrected chi connectivity index (χ1v) is 10.1. The van der Waals surface area contributed by atoms with Crippen molar-refractivity contribution in [3.63, 3.8) is 0 Å². The lowest BCUT2D eigenvalue weighted by Crippen LogP contribution is -2.30. The molecule has 0 aliphatic carbocycles. The largest absolute Gasteiger partial charge is 0.496 e. The molecule has 9 nitrogen and oxygen atoms in total. The van der Waals surface area contributed by atoms with Gasteiger partial charge in [-0.25, -0.2) is 4.98 Å². The van der Waals surface area contributed by atoms with Crippen LogP contribution >= 0.6 is 22.6 Å². The third kappa shape index (κ3) is 6.68. The number of benzene rings is 1. The van der Waals surface area contributed by atoms with Crippen LogP contribution in [0.2, 0.25) is 0 Å². The SMILES string of the molecule is COCCNCC(=O)Nc1ncc(Oc2cc(I)c(OC)cc2C(C)C)c(N)n1. The summed E-state index contributed by atoms with van der Waals surface area (Å²) in [4.78, 5) is 20.1. The highest BCUT2D eigenvalue weighted by Gasteiger charge is 2.16. The fourth-order valence-corrected chi connectivity index (χ4v) is 3.09. The van der Waals surface area contributed by atoms with Crippen LogP contribution in [0.4, 0.5) is 11.8 Å². The Morgan fingerprint density at radius 3 is 2.62 bits per heavy atom. The van der Waals surface area contributed by atoms with E-state index in [1.165, 1.54) is 6.20 Å². The first-order valence-electron chi connectivity index (χ1n) is 9.03. The van der Waals surface area contributed by atoms with Crippen molar-refractivity contribution >= 4 is 40.3 Å². The minimum atomic E-state index is -0.277. The third-order valence-electron chi connectivity index (χ3n) is 3.93. The molecule has 10 heteroatoms. The number of nitrogens with two attached hydrogens (primary N) is 1. The zero-order valence-corrected chi connectivity index (χ0v) is 19.1. The van der Waals surface area contributed by atoms with Gasteiger partial charge in [0.1, 0.15) is 11.5 Å². The van der Waals surface area contributed by atoms with E-state index in [1.807, 2.05) is 12.1 Å². The number of halogens is 1. The minimum absolute atomic E-state index is 0.113. The molecule has 2 aromatic rings. The Bertz CT molecular complexity index is 848. The fraction of sp³-hybridized carbons (Fsp3) is 0.421. The summed E-state index contributed by atoms with van der Waals surface area (Å²) in [6, 6.07) is 3.83. The maximum absolute atomic E-state index is 11.9. The van der Waals surface area contributed by atoms with E-state index in [-0.39, 0.29) is 30.1 Å². The van der Waals surface area contributed by atoms with Crippen LogP contribution in [-0.4, -0.2) is 49.8 Å². The van der Waals surface area contributed by atoms with Crippen LogP contribution in [0.15, 0.2) is 18.3 Å². The second-order valence-corrected chi connectivity index (χ2v) is 7.60. The Morgan fingerprint density at radius 1 is 1.24 bits per heavy atom. The van der Waals surface area contributed by atoms with Crippen LogP contribution in [-0.2, 0) is 9.53 Å². The van der Waals surface area contributed by atoms with E-state index in [2.05, 4.69) is 57.0 Å². The molecular formula is C19H26IN5O4. The van der Waals surface area contributed by atoms with Crippen LogP contribution < -0.4 is 25.8 Å². The lowest BCUT2D eigenvalue weighted by molar-refractivity contribution is -0.115. The van der Waals surface area contributed by atoms with Crippen molar-refractivity contribution < 1.29 is 19.0 Å². The number of anilines is 2. The van der Waals surface area contributed by atoms with Gasteiger partial charge in [0.25, 0.3) is 0 Å². The molecule has 0 unspecified atom stereocenters. The standard InChI is InChI=1S/C19H26IN5O4/c1-11(2)12-7-15(28-4)13(20)8-14(12)29-16-9-23-19(25-18(16)21)24-17(26)10-22-5-6-27-3/h7-9,11,22H,5-6,10H2,1-4H3,(H3,21,23,24,25,26). The summed E-state index contributed by atoms with van der Waals surface area (Å²) < 4.78 is 17.2. The van der Waals surface area contributed by atoms with E-state index in [1.54, 1.807) is 14.2 Å². The maximum atomic E-state index is 11.9. The third-order valence-corrected chi connectivity index (χ3v) is 4.77.